The Balaban J connectivity index is 2.89. The number of hydrogen-bond donors (Lipinski definition) is 0. The van der Waals surface area contributed by atoms with Gasteiger partial charge in [0.25, 0.3) is 0 Å². The van der Waals surface area contributed by atoms with Crippen LogP contribution < -0.4 is 0 Å². The molecular weight excluding hydrogens is 156 g/mol. The second kappa shape index (κ2) is 8.41. The summed E-state index contributed by atoms with van der Waals surface area (Å²) in [5.74, 6) is 1.23. The van der Waals surface area contributed by atoms with Gasteiger partial charge in [0.05, 0.1) is 6.61 Å². The molecule has 0 spiro atoms. The molecule has 1 nitrogen and oxygen atoms in total. The van der Waals surface area contributed by atoms with Crippen molar-refractivity contribution in [3.8, 4) is 0 Å². The van der Waals surface area contributed by atoms with E-state index in [9.17, 15) is 5.11 Å². The molecule has 1 atom stereocenters. The largest absolute Gasteiger partial charge is 0.237 e. The van der Waals surface area contributed by atoms with E-state index < -0.39 is 0 Å². The summed E-state index contributed by atoms with van der Waals surface area (Å²) in [6.07, 6.45) is 4.46. The highest BCUT2D eigenvalue weighted by Crippen LogP contribution is 2.15. The summed E-state index contributed by atoms with van der Waals surface area (Å²) in [7, 11) is 0. The van der Waals surface area contributed by atoms with E-state index in [0.29, 0.717) is 0 Å². The molecule has 1 unspecified atom stereocenters. The molecule has 0 bridgehead atoms. The molecule has 0 rings (SSSR count). The van der Waals surface area contributed by atoms with Gasteiger partial charge in [-0.15, -0.1) is 0 Å². The molecular formula is C9H19OS. The lowest BCUT2D eigenvalue weighted by atomic mass is 10.3. The van der Waals surface area contributed by atoms with E-state index in [1.807, 2.05) is 11.8 Å². The van der Waals surface area contributed by atoms with E-state index in [4.69, 9.17) is 0 Å². The summed E-state index contributed by atoms with van der Waals surface area (Å²) in [4.78, 5) is 0. The Hall–Kier alpha value is 0.310. The fourth-order valence-electron chi connectivity index (χ4n) is 0.783. The SMILES string of the molecule is CCC(C)SCCCCC[O]. The Kier molecular flexibility index (Phi) is 8.64. The van der Waals surface area contributed by atoms with Crippen LogP contribution in [0.15, 0.2) is 0 Å². The molecule has 0 heterocycles. The number of thioether (sulfide) groups is 1. The molecule has 2 heteroatoms. The van der Waals surface area contributed by atoms with Crippen molar-refractivity contribution in [1.82, 2.24) is 0 Å². The molecule has 0 amide bonds. The van der Waals surface area contributed by atoms with Crippen molar-refractivity contribution in [3.05, 3.63) is 0 Å². The van der Waals surface area contributed by atoms with Gasteiger partial charge in [0, 0.05) is 5.25 Å². The first-order chi connectivity index (χ1) is 5.31. The lowest BCUT2D eigenvalue weighted by Crippen LogP contribution is -1.94. The third kappa shape index (κ3) is 8.21. The lowest BCUT2D eigenvalue weighted by Gasteiger charge is -2.06. The van der Waals surface area contributed by atoms with Crippen LogP contribution in [0.1, 0.15) is 39.5 Å². The van der Waals surface area contributed by atoms with Crippen LogP contribution in [-0.2, 0) is 5.11 Å². The van der Waals surface area contributed by atoms with E-state index in [2.05, 4.69) is 13.8 Å². The minimum absolute atomic E-state index is 0.105. The predicted molar refractivity (Wildman–Crippen MR) is 51.6 cm³/mol. The second-order valence-electron chi connectivity index (χ2n) is 2.85. The van der Waals surface area contributed by atoms with Crippen molar-refractivity contribution in [1.29, 1.82) is 0 Å². The zero-order chi connectivity index (χ0) is 8.53. The molecule has 0 saturated carbocycles. The molecule has 1 radical (unpaired) electrons. The van der Waals surface area contributed by atoms with Crippen molar-refractivity contribution in [3.63, 3.8) is 0 Å². The van der Waals surface area contributed by atoms with Crippen molar-refractivity contribution in [2.24, 2.45) is 0 Å². The average Bonchev–Trinajstić information content (AvgIpc) is 2.04. The third-order valence-corrected chi connectivity index (χ3v) is 3.19. The fraction of sp³-hybridized carbons (Fsp3) is 1.00. The number of rotatable bonds is 7. The minimum atomic E-state index is 0.105. The Morgan fingerprint density at radius 2 is 2.00 bits per heavy atom. The van der Waals surface area contributed by atoms with E-state index in [1.165, 1.54) is 18.6 Å². The monoisotopic (exact) mass is 175 g/mol. The van der Waals surface area contributed by atoms with Gasteiger partial charge in [-0.1, -0.05) is 20.3 Å². The van der Waals surface area contributed by atoms with Gasteiger partial charge >= 0.3 is 0 Å². The third-order valence-electron chi connectivity index (χ3n) is 1.77. The summed E-state index contributed by atoms with van der Waals surface area (Å²) < 4.78 is 0. The summed E-state index contributed by atoms with van der Waals surface area (Å²) in [6, 6.07) is 0. The van der Waals surface area contributed by atoms with Crippen LogP contribution in [0.5, 0.6) is 0 Å². The van der Waals surface area contributed by atoms with Crippen LogP contribution in [0.3, 0.4) is 0 Å². The first-order valence-electron chi connectivity index (χ1n) is 4.51. The molecule has 0 aliphatic rings. The smallest absolute Gasteiger partial charge is 0.0822 e. The summed E-state index contributed by atoms with van der Waals surface area (Å²) in [5, 5.41) is 10.9. The standard InChI is InChI=1S/C9H19OS/c1-3-9(2)11-8-6-4-5-7-10/h9H,3-8H2,1-2H3. The summed E-state index contributed by atoms with van der Waals surface area (Å²) in [5.41, 5.74) is 0. The van der Waals surface area contributed by atoms with Gasteiger partial charge in [0.1, 0.15) is 0 Å². The Labute approximate surface area is 74.6 Å². The summed E-state index contributed by atoms with van der Waals surface area (Å²) >= 11 is 2.02. The van der Waals surface area contributed by atoms with Crippen molar-refractivity contribution in [2.75, 3.05) is 12.4 Å². The molecule has 0 N–H and O–H groups in total. The number of unbranched alkanes of at least 4 members (excludes halogenated alkanes) is 2. The molecule has 0 aliphatic carbocycles. The van der Waals surface area contributed by atoms with Gasteiger partial charge in [0.15, 0.2) is 0 Å². The van der Waals surface area contributed by atoms with Gasteiger partial charge < -0.3 is 0 Å². The molecule has 0 aromatic rings. The molecule has 11 heavy (non-hydrogen) atoms. The van der Waals surface area contributed by atoms with Crippen LogP contribution in [-0.4, -0.2) is 17.6 Å². The molecule has 0 fully saturated rings. The highest BCUT2D eigenvalue weighted by molar-refractivity contribution is 7.99. The van der Waals surface area contributed by atoms with Gasteiger partial charge in [-0.3, -0.25) is 0 Å². The maximum atomic E-state index is 10.1. The van der Waals surface area contributed by atoms with Gasteiger partial charge in [0.2, 0.25) is 0 Å². The topological polar surface area (TPSA) is 19.9 Å². The predicted octanol–water partition coefficient (Wildman–Crippen LogP) is 3.12. The van der Waals surface area contributed by atoms with Crippen LogP contribution in [0, 0.1) is 0 Å². The van der Waals surface area contributed by atoms with Crippen LogP contribution >= 0.6 is 11.8 Å². The summed E-state index contributed by atoms with van der Waals surface area (Å²) in [6.45, 7) is 4.58. The maximum Gasteiger partial charge on any atom is 0.0822 e. The van der Waals surface area contributed by atoms with Crippen molar-refractivity contribution >= 4 is 11.8 Å². The van der Waals surface area contributed by atoms with Crippen LogP contribution in [0.2, 0.25) is 0 Å². The lowest BCUT2D eigenvalue weighted by molar-refractivity contribution is 0.186. The van der Waals surface area contributed by atoms with Gasteiger partial charge in [-0.05, 0) is 25.0 Å². The molecule has 0 aromatic heterocycles. The molecule has 67 valence electrons. The molecule has 0 aromatic carbocycles. The molecule has 0 saturated heterocycles. The normalized spacial score (nSPS) is 13.4. The van der Waals surface area contributed by atoms with Crippen LogP contribution in [0.25, 0.3) is 0 Å². The van der Waals surface area contributed by atoms with Crippen LogP contribution in [0.4, 0.5) is 0 Å². The minimum Gasteiger partial charge on any atom is -0.237 e. The highest BCUT2D eigenvalue weighted by atomic mass is 32.2. The maximum absolute atomic E-state index is 10.1. The Bertz CT molecular complexity index is 76.0. The first-order valence-corrected chi connectivity index (χ1v) is 5.55. The van der Waals surface area contributed by atoms with E-state index in [0.717, 1.165) is 18.1 Å². The van der Waals surface area contributed by atoms with Crippen molar-refractivity contribution in [2.45, 2.75) is 44.8 Å². The number of hydrogen-bond acceptors (Lipinski definition) is 1. The Morgan fingerprint density at radius 1 is 1.27 bits per heavy atom. The Morgan fingerprint density at radius 3 is 2.55 bits per heavy atom. The van der Waals surface area contributed by atoms with Gasteiger partial charge in [-0.2, -0.15) is 11.8 Å². The second-order valence-corrected chi connectivity index (χ2v) is 4.40. The zero-order valence-electron chi connectivity index (χ0n) is 7.64. The van der Waals surface area contributed by atoms with E-state index in [-0.39, 0.29) is 6.61 Å². The van der Waals surface area contributed by atoms with E-state index >= 15 is 0 Å². The average molecular weight is 175 g/mol. The van der Waals surface area contributed by atoms with Gasteiger partial charge in [-0.25, -0.2) is 5.11 Å². The van der Waals surface area contributed by atoms with E-state index in [1.54, 1.807) is 0 Å². The molecule has 0 aliphatic heterocycles. The quantitative estimate of drug-likeness (QED) is 0.544. The van der Waals surface area contributed by atoms with Crippen molar-refractivity contribution < 1.29 is 5.11 Å². The fourth-order valence-corrected chi connectivity index (χ4v) is 1.79. The first kappa shape index (κ1) is 11.3. The zero-order valence-corrected chi connectivity index (χ0v) is 8.45. The highest BCUT2D eigenvalue weighted by Gasteiger charge is 1.97.